The Labute approximate surface area is 121 Å². The first kappa shape index (κ1) is 16.6. The van der Waals surface area contributed by atoms with Crippen LogP contribution in [0.25, 0.3) is 0 Å². The maximum absolute atomic E-state index is 12.0. The average molecular weight is 304 g/mol. The van der Waals surface area contributed by atoms with Gasteiger partial charge in [0.15, 0.2) is 0 Å². The van der Waals surface area contributed by atoms with Crippen molar-refractivity contribution in [2.75, 3.05) is 18.8 Å². The molecule has 0 aromatic rings. The van der Waals surface area contributed by atoms with Gasteiger partial charge in [-0.25, -0.2) is 9.59 Å². The lowest BCUT2D eigenvalue weighted by Gasteiger charge is -2.32. The summed E-state index contributed by atoms with van der Waals surface area (Å²) < 4.78 is 0. The Kier molecular flexibility index (Phi) is 6.63. The lowest BCUT2D eigenvalue weighted by atomic mass is 10.1. The Bertz CT molecular complexity index is 377. The third-order valence-electron chi connectivity index (χ3n) is 3.12. The number of nitrogens with zero attached hydrogens (tertiary/aromatic N) is 1. The van der Waals surface area contributed by atoms with Crippen molar-refractivity contribution in [2.24, 2.45) is 0 Å². The van der Waals surface area contributed by atoms with E-state index in [1.807, 2.05) is 18.7 Å². The van der Waals surface area contributed by atoms with Crippen molar-refractivity contribution in [3.8, 4) is 0 Å². The molecule has 0 radical (unpaired) electrons. The highest BCUT2D eigenvalue weighted by Gasteiger charge is 2.27. The van der Waals surface area contributed by atoms with Gasteiger partial charge in [-0.15, -0.1) is 0 Å². The SMILES string of the molecule is CCC1CN(C(=O)NC(CCC(=O)O)C(=O)O)CCS1. The van der Waals surface area contributed by atoms with Gasteiger partial charge in [0.25, 0.3) is 0 Å². The Morgan fingerprint density at radius 1 is 1.40 bits per heavy atom. The standard InChI is InChI=1S/C12H20N2O5S/c1-2-8-7-14(5-6-20-8)12(19)13-9(11(17)18)3-4-10(15)16/h8-9H,2-7H2,1H3,(H,13,19)(H,15,16)(H,17,18). The van der Waals surface area contributed by atoms with Gasteiger partial charge in [0, 0.05) is 30.5 Å². The lowest BCUT2D eigenvalue weighted by molar-refractivity contribution is -0.140. The summed E-state index contributed by atoms with van der Waals surface area (Å²) in [6, 6.07) is -1.59. The summed E-state index contributed by atoms with van der Waals surface area (Å²) in [5, 5.41) is 20.3. The number of thioether (sulfide) groups is 1. The first-order chi connectivity index (χ1) is 9.43. The topological polar surface area (TPSA) is 107 Å². The molecule has 1 fully saturated rings. The summed E-state index contributed by atoms with van der Waals surface area (Å²) in [6.07, 6.45) is 0.552. The largest absolute Gasteiger partial charge is 0.481 e. The number of carbonyl (C=O) groups is 3. The fourth-order valence-electron chi connectivity index (χ4n) is 1.92. The summed E-state index contributed by atoms with van der Waals surface area (Å²) in [6.45, 7) is 3.22. The van der Waals surface area contributed by atoms with E-state index in [2.05, 4.69) is 5.32 Å². The minimum Gasteiger partial charge on any atom is -0.481 e. The molecular weight excluding hydrogens is 284 g/mol. The normalized spacial score (nSPS) is 20.2. The molecule has 1 aliphatic heterocycles. The van der Waals surface area contributed by atoms with Crippen LogP contribution in [0.3, 0.4) is 0 Å². The molecular formula is C12H20N2O5S. The highest BCUT2D eigenvalue weighted by atomic mass is 32.2. The van der Waals surface area contributed by atoms with Gasteiger partial charge in [0.1, 0.15) is 6.04 Å². The number of amides is 2. The van der Waals surface area contributed by atoms with Gasteiger partial charge in [0.2, 0.25) is 0 Å². The number of hydrogen-bond donors (Lipinski definition) is 3. The van der Waals surface area contributed by atoms with E-state index in [1.54, 1.807) is 4.90 Å². The monoisotopic (exact) mass is 304 g/mol. The summed E-state index contributed by atoms with van der Waals surface area (Å²) in [5.41, 5.74) is 0. The quantitative estimate of drug-likeness (QED) is 0.671. The van der Waals surface area contributed by atoms with E-state index in [9.17, 15) is 14.4 Å². The molecule has 0 aliphatic carbocycles. The molecule has 20 heavy (non-hydrogen) atoms. The van der Waals surface area contributed by atoms with Gasteiger partial charge >= 0.3 is 18.0 Å². The molecule has 114 valence electrons. The van der Waals surface area contributed by atoms with Gasteiger partial charge in [-0.05, 0) is 12.8 Å². The molecule has 0 bridgehead atoms. The predicted molar refractivity (Wildman–Crippen MR) is 74.9 cm³/mol. The number of rotatable bonds is 6. The molecule has 2 atom stereocenters. The van der Waals surface area contributed by atoms with Crippen molar-refractivity contribution in [1.82, 2.24) is 10.2 Å². The van der Waals surface area contributed by atoms with Crippen LogP contribution in [0.1, 0.15) is 26.2 Å². The predicted octanol–water partition coefficient (Wildman–Crippen LogP) is 0.841. The van der Waals surface area contributed by atoms with Crippen LogP contribution in [-0.4, -0.2) is 63.2 Å². The van der Waals surface area contributed by atoms with Crippen LogP contribution in [0, 0.1) is 0 Å². The van der Waals surface area contributed by atoms with E-state index in [4.69, 9.17) is 10.2 Å². The second-order valence-electron chi connectivity index (χ2n) is 4.62. The van der Waals surface area contributed by atoms with Gasteiger partial charge in [-0.2, -0.15) is 11.8 Å². The molecule has 3 N–H and O–H groups in total. The van der Waals surface area contributed by atoms with E-state index in [1.165, 1.54) is 0 Å². The molecule has 2 amide bonds. The van der Waals surface area contributed by atoms with E-state index >= 15 is 0 Å². The summed E-state index contributed by atoms with van der Waals surface area (Å²) in [5.74, 6) is -1.46. The molecule has 0 aromatic carbocycles. The third-order valence-corrected chi connectivity index (χ3v) is 4.50. The number of hydrogen-bond acceptors (Lipinski definition) is 4. The first-order valence-corrected chi connectivity index (χ1v) is 7.60. The summed E-state index contributed by atoms with van der Waals surface area (Å²) in [7, 11) is 0. The third kappa shape index (κ3) is 5.28. The Morgan fingerprint density at radius 3 is 2.65 bits per heavy atom. The van der Waals surface area contributed by atoms with Crippen LogP contribution in [0.4, 0.5) is 4.79 Å². The van der Waals surface area contributed by atoms with E-state index in [0.717, 1.165) is 12.2 Å². The van der Waals surface area contributed by atoms with Crippen molar-refractivity contribution in [1.29, 1.82) is 0 Å². The van der Waals surface area contributed by atoms with Crippen molar-refractivity contribution < 1.29 is 24.6 Å². The summed E-state index contributed by atoms with van der Waals surface area (Å²) in [4.78, 5) is 35.1. The number of carbonyl (C=O) groups excluding carboxylic acids is 1. The summed E-state index contributed by atoms with van der Waals surface area (Å²) >= 11 is 1.81. The minimum absolute atomic E-state index is 0.115. The zero-order valence-corrected chi connectivity index (χ0v) is 12.2. The molecule has 1 saturated heterocycles. The molecule has 1 aliphatic rings. The average Bonchev–Trinajstić information content (AvgIpc) is 2.42. The molecule has 7 nitrogen and oxygen atoms in total. The van der Waals surface area contributed by atoms with Gasteiger partial charge in [-0.3, -0.25) is 4.79 Å². The van der Waals surface area contributed by atoms with Crippen molar-refractivity contribution in [3.63, 3.8) is 0 Å². The van der Waals surface area contributed by atoms with Crippen LogP contribution in [0.2, 0.25) is 0 Å². The number of nitrogens with one attached hydrogen (secondary N) is 1. The van der Waals surface area contributed by atoms with Crippen LogP contribution in [-0.2, 0) is 9.59 Å². The molecule has 1 rings (SSSR count). The van der Waals surface area contributed by atoms with Gasteiger partial charge < -0.3 is 20.4 Å². The second-order valence-corrected chi connectivity index (χ2v) is 6.03. The molecule has 0 spiro atoms. The number of carboxylic acid groups (broad SMARTS) is 2. The maximum Gasteiger partial charge on any atom is 0.326 e. The van der Waals surface area contributed by atoms with Crippen molar-refractivity contribution >= 4 is 29.7 Å². The second kappa shape index (κ2) is 7.98. The van der Waals surface area contributed by atoms with E-state index in [-0.39, 0.29) is 12.8 Å². The van der Waals surface area contributed by atoms with Gasteiger partial charge in [0.05, 0.1) is 0 Å². The van der Waals surface area contributed by atoms with Crippen LogP contribution >= 0.6 is 11.8 Å². The zero-order valence-electron chi connectivity index (χ0n) is 11.4. The fraction of sp³-hybridized carbons (Fsp3) is 0.750. The highest BCUT2D eigenvalue weighted by molar-refractivity contribution is 8.00. The Balaban J connectivity index is 2.52. The fourth-order valence-corrected chi connectivity index (χ4v) is 3.10. The number of carboxylic acids is 2. The number of urea groups is 1. The molecule has 1 heterocycles. The van der Waals surface area contributed by atoms with Crippen LogP contribution in [0.15, 0.2) is 0 Å². The molecule has 8 heteroatoms. The molecule has 2 unspecified atom stereocenters. The maximum atomic E-state index is 12.0. The Hall–Kier alpha value is -1.44. The lowest BCUT2D eigenvalue weighted by Crippen LogP contribution is -2.51. The minimum atomic E-state index is -1.21. The first-order valence-electron chi connectivity index (χ1n) is 6.55. The molecule has 0 aromatic heterocycles. The number of aliphatic carboxylic acids is 2. The van der Waals surface area contributed by atoms with Crippen molar-refractivity contribution in [2.45, 2.75) is 37.5 Å². The van der Waals surface area contributed by atoms with Crippen LogP contribution < -0.4 is 5.32 Å². The Morgan fingerprint density at radius 2 is 2.10 bits per heavy atom. The molecule has 0 saturated carbocycles. The van der Waals surface area contributed by atoms with Gasteiger partial charge in [-0.1, -0.05) is 6.92 Å². The smallest absolute Gasteiger partial charge is 0.326 e. The van der Waals surface area contributed by atoms with E-state index < -0.39 is 24.0 Å². The van der Waals surface area contributed by atoms with Crippen LogP contribution in [0.5, 0.6) is 0 Å². The highest BCUT2D eigenvalue weighted by Crippen LogP contribution is 2.21. The zero-order chi connectivity index (χ0) is 15.1. The van der Waals surface area contributed by atoms with E-state index in [0.29, 0.717) is 18.3 Å². The van der Waals surface area contributed by atoms with Crippen molar-refractivity contribution in [3.05, 3.63) is 0 Å².